The van der Waals surface area contributed by atoms with E-state index < -0.39 is 18.1 Å². The molecule has 2 rings (SSSR count). The molecule has 5 heteroatoms. The molecule has 0 aliphatic heterocycles. The van der Waals surface area contributed by atoms with E-state index in [2.05, 4.69) is 5.32 Å². The van der Waals surface area contributed by atoms with Crippen LogP contribution in [0, 0.1) is 0 Å². The monoisotopic (exact) mass is 327 g/mol. The minimum Gasteiger partial charge on any atom is -0.464 e. The van der Waals surface area contributed by atoms with E-state index in [4.69, 9.17) is 9.47 Å². The first-order valence-corrected chi connectivity index (χ1v) is 7.87. The Morgan fingerprint density at radius 1 is 0.917 bits per heavy atom. The third-order valence-electron chi connectivity index (χ3n) is 3.36. The molecule has 2 aromatic rings. The Morgan fingerprint density at radius 2 is 1.50 bits per heavy atom. The fraction of sp³-hybridized carbons (Fsp3) is 0.263. The lowest BCUT2D eigenvalue weighted by atomic mass is 10.1. The summed E-state index contributed by atoms with van der Waals surface area (Å²) in [6.07, 6.45) is -0.298. The maximum absolute atomic E-state index is 12.1. The lowest BCUT2D eigenvalue weighted by Gasteiger charge is -2.17. The molecule has 24 heavy (non-hydrogen) atoms. The molecule has 0 spiro atoms. The van der Waals surface area contributed by atoms with Crippen LogP contribution in [0.5, 0.6) is 0 Å². The van der Waals surface area contributed by atoms with Crippen molar-refractivity contribution in [1.29, 1.82) is 0 Å². The van der Waals surface area contributed by atoms with Crippen LogP contribution in [-0.4, -0.2) is 24.7 Å². The lowest BCUT2D eigenvalue weighted by molar-refractivity contribution is -0.145. The van der Waals surface area contributed by atoms with E-state index in [0.29, 0.717) is 6.42 Å². The fourth-order valence-electron chi connectivity index (χ4n) is 2.19. The molecule has 126 valence electrons. The summed E-state index contributed by atoms with van der Waals surface area (Å²) in [6, 6.07) is 18.0. The molecule has 1 atom stereocenters. The van der Waals surface area contributed by atoms with Crippen molar-refractivity contribution in [1.82, 2.24) is 5.32 Å². The number of rotatable bonds is 7. The molecule has 0 saturated carbocycles. The molecule has 1 N–H and O–H groups in total. The van der Waals surface area contributed by atoms with E-state index in [1.807, 2.05) is 60.7 Å². The van der Waals surface area contributed by atoms with Gasteiger partial charge >= 0.3 is 12.1 Å². The van der Waals surface area contributed by atoms with Crippen LogP contribution in [0.2, 0.25) is 0 Å². The Morgan fingerprint density at radius 3 is 2.08 bits per heavy atom. The van der Waals surface area contributed by atoms with Crippen LogP contribution in [0.1, 0.15) is 18.1 Å². The summed E-state index contributed by atoms with van der Waals surface area (Å²) in [4.78, 5) is 24.0. The van der Waals surface area contributed by atoms with Crippen LogP contribution in [0.3, 0.4) is 0 Å². The van der Waals surface area contributed by atoms with E-state index in [0.717, 1.165) is 11.1 Å². The molecule has 0 bridgehead atoms. The van der Waals surface area contributed by atoms with Crippen molar-refractivity contribution in [3.05, 3.63) is 71.8 Å². The number of hydrogen-bond acceptors (Lipinski definition) is 4. The number of alkyl carbamates (subject to hydrolysis) is 1. The second-order valence-corrected chi connectivity index (χ2v) is 5.20. The molecular formula is C19H21NO4. The molecule has 0 saturated heterocycles. The average Bonchev–Trinajstić information content (AvgIpc) is 2.61. The number of benzene rings is 2. The summed E-state index contributed by atoms with van der Waals surface area (Å²) in [5.74, 6) is -0.474. The lowest BCUT2D eigenvalue weighted by Crippen LogP contribution is -2.43. The summed E-state index contributed by atoms with van der Waals surface area (Å²) < 4.78 is 10.2. The highest BCUT2D eigenvalue weighted by molar-refractivity contribution is 5.81. The number of carbonyl (C=O) groups excluding carboxylic acids is 2. The van der Waals surface area contributed by atoms with Gasteiger partial charge in [-0.15, -0.1) is 0 Å². The van der Waals surface area contributed by atoms with Gasteiger partial charge in [-0.2, -0.15) is 0 Å². The van der Waals surface area contributed by atoms with Gasteiger partial charge in [-0.25, -0.2) is 9.59 Å². The first-order chi connectivity index (χ1) is 11.7. The first kappa shape index (κ1) is 17.5. The topological polar surface area (TPSA) is 64.6 Å². The summed E-state index contributed by atoms with van der Waals surface area (Å²) in [6.45, 7) is 2.13. The average molecular weight is 327 g/mol. The number of amides is 1. The zero-order valence-corrected chi connectivity index (χ0v) is 13.6. The standard InChI is InChI=1S/C19H21NO4/c1-2-23-18(21)17(13-15-9-5-3-6-10-15)20-19(22)24-14-16-11-7-4-8-12-16/h3-12,17H,2,13-14H2,1H3,(H,20,22)/t17-/m1/s1. The molecule has 0 unspecified atom stereocenters. The van der Waals surface area contributed by atoms with Gasteiger partial charge in [-0.1, -0.05) is 60.7 Å². The van der Waals surface area contributed by atoms with Crippen molar-refractivity contribution in [3.63, 3.8) is 0 Å². The Hall–Kier alpha value is -2.82. The zero-order chi connectivity index (χ0) is 17.2. The third-order valence-corrected chi connectivity index (χ3v) is 3.36. The van der Waals surface area contributed by atoms with Gasteiger partial charge < -0.3 is 14.8 Å². The van der Waals surface area contributed by atoms with Crippen LogP contribution >= 0.6 is 0 Å². The van der Waals surface area contributed by atoms with Crippen LogP contribution < -0.4 is 5.32 Å². The highest BCUT2D eigenvalue weighted by Gasteiger charge is 2.23. The molecule has 0 aliphatic rings. The van der Waals surface area contributed by atoms with Crippen molar-refractivity contribution >= 4 is 12.1 Å². The normalized spacial score (nSPS) is 11.4. The molecule has 0 radical (unpaired) electrons. The molecular weight excluding hydrogens is 306 g/mol. The largest absolute Gasteiger partial charge is 0.464 e. The van der Waals surface area contributed by atoms with Crippen LogP contribution in [0.4, 0.5) is 4.79 Å². The molecule has 0 heterocycles. The second-order valence-electron chi connectivity index (χ2n) is 5.20. The van der Waals surface area contributed by atoms with Crippen molar-refractivity contribution in [3.8, 4) is 0 Å². The predicted molar refractivity (Wildman–Crippen MR) is 90.3 cm³/mol. The van der Waals surface area contributed by atoms with E-state index in [1.165, 1.54) is 0 Å². The maximum atomic E-state index is 12.1. The Bertz CT molecular complexity index is 643. The fourth-order valence-corrected chi connectivity index (χ4v) is 2.19. The quantitative estimate of drug-likeness (QED) is 0.794. The minimum atomic E-state index is -0.782. The van der Waals surface area contributed by atoms with Gasteiger partial charge in [0.2, 0.25) is 0 Å². The van der Waals surface area contributed by atoms with Gasteiger partial charge in [-0.3, -0.25) is 0 Å². The maximum Gasteiger partial charge on any atom is 0.408 e. The number of nitrogens with one attached hydrogen (secondary N) is 1. The Labute approximate surface area is 141 Å². The summed E-state index contributed by atoms with van der Waals surface area (Å²) in [5.41, 5.74) is 1.81. The zero-order valence-electron chi connectivity index (χ0n) is 13.6. The number of ether oxygens (including phenoxy) is 2. The highest BCUT2D eigenvalue weighted by Crippen LogP contribution is 2.06. The molecule has 5 nitrogen and oxygen atoms in total. The minimum absolute atomic E-state index is 0.146. The summed E-state index contributed by atoms with van der Waals surface area (Å²) in [7, 11) is 0. The number of hydrogen-bond donors (Lipinski definition) is 1. The van der Waals surface area contributed by atoms with E-state index in [-0.39, 0.29) is 13.2 Å². The SMILES string of the molecule is CCOC(=O)[C@@H](Cc1ccccc1)NC(=O)OCc1ccccc1. The van der Waals surface area contributed by atoms with Gasteiger partial charge in [0.15, 0.2) is 0 Å². The molecule has 0 aromatic heterocycles. The molecule has 0 aliphatic carbocycles. The number of carbonyl (C=O) groups is 2. The van der Waals surface area contributed by atoms with Crippen LogP contribution in [0.25, 0.3) is 0 Å². The molecule has 0 fully saturated rings. The highest BCUT2D eigenvalue weighted by atomic mass is 16.6. The van der Waals surface area contributed by atoms with Crippen molar-refractivity contribution < 1.29 is 19.1 Å². The van der Waals surface area contributed by atoms with E-state index in [1.54, 1.807) is 6.92 Å². The van der Waals surface area contributed by atoms with Gasteiger partial charge in [0.05, 0.1) is 6.61 Å². The smallest absolute Gasteiger partial charge is 0.408 e. The van der Waals surface area contributed by atoms with Gasteiger partial charge in [0, 0.05) is 6.42 Å². The first-order valence-electron chi connectivity index (χ1n) is 7.87. The van der Waals surface area contributed by atoms with Crippen LogP contribution in [0.15, 0.2) is 60.7 Å². The van der Waals surface area contributed by atoms with Gasteiger partial charge in [0.1, 0.15) is 12.6 Å². The second kappa shape index (κ2) is 9.35. The van der Waals surface area contributed by atoms with E-state index in [9.17, 15) is 9.59 Å². The van der Waals surface area contributed by atoms with Crippen molar-refractivity contribution in [2.45, 2.75) is 26.0 Å². The van der Waals surface area contributed by atoms with Crippen molar-refractivity contribution in [2.24, 2.45) is 0 Å². The van der Waals surface area contributed by atoms with Gasteiger partial charge in [-0.05, 0) is 18.1 Å². The van der Waals surface area contributed by atoms with E-state index >= 15 is 0 Å². The summed E-state index contributed by atoms with van der Waals surface area (Å²) >= 11 is 0. The Balaban J connectivity index is 1.93. The van der Waals surface area contributed by atoms with Crippen molar-refractivity contribution in [2.75, 3.05) is 6.61 Å². The van der Waals surface area contributed by atoms with Crippen LogP contribution in [-0.2, 0) is 27.3 Å². The van der Waals surface area contributed by atoms with Gasteiger partial charge in [0.25, 0.3) is 0 Å². The molecule has 1 amide bonds. The summed E-state index contributed by atoms with van der Waals surface area (Å²) in [5, 5.41) is 2.58. The Kier molecular flexibility index (Phi) is 6.83. The predicted octanol–water partition coefficient (Wildman–Crippen LogP) is 3.09. The molecule has 2 aromatic carbocycles. The number of esters is 1. The third kappa shape index (κ3) is 5.76.